The number of hydrogen-bond acceptors (Lipinski definition) is 5. The van der Waals surface area contributed by atoms with Crippen molar-refractivity contribution < 1.29 is 0 Å². The third-order valence-electron chi connectivity index (χ3n) is 3.61. The third-order valence-corrected chi connectivity index (χ3v) is 3.61. The van der Waals surface area contributed by atoms with Crippen LogP contribution in [0.25, 0.3) is 0 Å². The first-order valence-corrected chi connectivity index (χ1v) is 7.08. The lowest BCUT2D eigenvalue weighted by atomic mass is 10.2. The molecule has 3 rings (SSSR count). The van der Waals surface area contributed by atoms with Crippen LogP contribution in [0.1, 0.15) is 18.4 Å². The smallest absolute Gasteiger partial charge is 0.157 e. The van der Waals surface area contributed by atoms with Gasteiger partial charge >= 0.3 is 0 Å². The normalized spacial score (nSPS) is 14.2. The first-order chi connectivity index (χ1) is 10.4. The van der Waals surface area contributed by atoms with Gasteiger partial charge in [0.15, 0.2) is 5.82 Å². The second-order valence-corrected chi connectivity index (χ2v) is 5.05. The fraction of sp³-hybridized carbons (Fsp3) is 0.333. The molecule has 1 aromatic heterocycles. The molecule has 108 valence electrons. The summed E-state index contributed by atoms with van der Waals surface area (Å²) in [5.74, 6) is 1.39. The summed E-state index contributed by atoms with van der Waals surface area (Å²) in [6, 6.07) is 11.6. The Morgan fingerprint density at radius 3 is 2.62 bits per heavy atom. The highest BCUT2D eigenvalue weighted by Crippen LogP contribution is 2.22. The first-order valence-electron chi connectivity index (χ1n) is 7.08. The van der Waals surface area contributed by atoms with Crippen LogP contribution in [0.4, 0.5) is 11.6 Å². The van der Waals surface area contributed by atoms with E-state index >= 15 is 0 Å². The molecule has 2 heterocycles. The molecule has 1 aliphatic rings. The SMILES string of the molecule is O=NN(Cc1ccccc1)c1cc(N2CCCC2)ncn1. The van der Waals surface area contributed by atoms with E-state index in [1.807, 2.05) is 36.4 Å². The molecule has 0 aliphatic carbocycles. The average Bonchev–Trinajstić information content (AvgIpc) is 3.08. The van der Waals surface area contributed by atoms with Crippen LogP contribution >= 0.6 is 0 Å². The molecule has 2 aromatic rings. The summed E-state index contributed by atoms with van der Waals surface area (Å²) in [5.41, 5.74) is 1.01. The van der Waals surface area contributed by atoms with Crippen molar-refractivity contribution in [3.05, 3.63) is 53.2 Å². The number of nitroso groups, excluding NO2 is 1. The maximum Gasteiger partial charge on any atom is 0.157 e. The van der Waals surface area contributed by atoms with Crippen molar-refractivity contribution in [3.63, 3.8) is 0 Å². The van der Waals surface area contributed by atoms with Crippen LogP contribution in [0.2, 0.25) is 0 Å². The van der Waals surface area contributed by atoms with E-state index in [0.29, 0.717) is 12.4 Å². The maximum absolute atomic E-state index is 11.1. The van der Waals surface area contributed by atoms with Crippen molar-refractivity contribution in [2.75, 3.05) is 23.0 Å². The number of nitrogens with zero attached hydrogens (tertiary/aromatic N) is 5. The average molecular weight is 283 g/mol. The van der Waals surface area contributed by atoms with E-state index in [9.17, 15) is 4.91 Å². The molecule has 0 saturated carbocycles. The Kier molecular flexibility index (Phi) is 4.04. The zero-order valence-corrected chi connectivity index (χ0v) is 11.7. The van der Waals surface area contributed by atoms with Crippen molar-refractivity contribution in [3.8, 4) is 0 Å². The van der Waals surface area contributed by atoms with Gasteiger partial charge in [0, 0.05) is 19.2 Å². The second-order valence-electron chi connectivity index (χ2n) is 5.05. The largest absolute Gasteiger partial charge is 0.356 e. The lowest BCUT2D eigenvalue weighted by molar-refractivity contribution is 0.818. The zero-order chi connectivity index (χ0) is 14.5. The summed E-state index contributed by atoms with van der Waals surface area (Å²) < 4.78 is 0. The molecule has 0 amide bonds. The quantitative estimate of drug-likeness (QED) is 0.623. The van der Waals surface area contributed by atoms with E-state index in [0.717, 1.165) is 24.5 Å². The van der Waals surface area contributed by atoms with E-state index in [-0.39, 0.29) is 0 Å². The van der Waals surface area contributed by atoms with Gasteiger partial charge in [0.25, 0.3) is 0 Å². The summed E-state index contributed by atoms with van der Waals surface area (Å²) in [6.07, 6.45) is 3.85. The van der Waals surface area contributed by atoms with Gasteiger partial charge in [-0.25, -0.2) is 15.0 Å². The molecular formula is C15H17N5O. The topological polar surface area (TPSA) is 61.7 Å². The molecule has 1 aliphatic heterocycles. The van der Waals surface area contributed by atoms with Crippen molar-refractivity contribution in [2.45, 2.75) is 19.4 Å². The molecule has 1 saturated heterocycles. The predicted octanol–water partition coefficient (Wildman–Crippen LogP) is 2.76. The Morgan fingerprint density at radius 2 is 1.90 bits per heavy atom. The standard InChI is InChI=1S/C15H17N5O/c21-18-20(11-13-6-2-1-3-7-13)15-10-14(16-12-17-15)19-8-4-5-9-19/h1-3,6-7,10,12H,4-5,8-9,11H2. The Balaban J connectivity index is 1.80. The lowest BCUT2D eigenvalue weighted by Crippen LogP contribution is -2.21. The Hall–Kier alpha value is -2.50. The highest BCUT2D eigenvalue weighted by atomic mass is 16.3. The monoisotopic (exact) mass is 283 g/mol. The van der Waals surface area contributed by atoms with Crippen LogP contribution < -0.4 is 9.91 Å². The summed E-state index contributed by atoms with van der Waals surface area (Å²) in [6.45, 7) is 2.41. The molecular weight excluding hydrogens is 266 g/mol. The number of anilines is 2. The Morgan fingerprint density at radius 1 is 1.14 bits per heavy atom. The minimum atomic E-state index is 0.404. The summed E-state index contributed by atoms with van der Waals surface area (Å²) in [7, 11) is 0. The number of benzene rings is 1. The molecule has 0 atom stereocenters. The van der Waals surface area contributed by atoms with E-state index in [2.05, 4.69) is 20.2 Å². The fourth-order valence-corrected chi connectivity index (χ4v) is 2.51. The van der Waals surface area contributed by atoms with Gasteiger partial charge in [-0.15, -0.1) is 4.91 Å². The molecule has 0 N–H and O–H groups in total. The molecule has 1 aromatic carbocycles. The molecule has 0 bridgehead atoms. The molecule has 21 heavy (non-hydrogen) atoms. The van der Waals surface area contributed by atoms with Crippen molar-refractivity contribution >= 4 is 11.6 Å². The fourth-order valence-electron chi connectivity index (χ4n) is 2.51. The zero-order valence-electron chi connectivity index (χ0n) is 11.7. The summed E-state index contributed by atoms with van der Waals surface area (Å²) in [4.78, 5) is 21.8. The van der Waals surface area contributed by atoms with Gasteiger partial charge in [-0.3, -0.25) is 0 Å². The maximum atomic E-state index is 11.1. The minimum Gasteiger partial charge on any atom is -0.356 e. The molecule has 0 spiro atoms. The Bertz CT molecular complexity index is 598. The summed E-state index contributed by atoms with van der Waals surface area (Å²) in [5, 5.41) is 4.45. The van der Waals surface area contributed by atoms with Gasteiger partial charge in [0.05, 0.1) is 11.8 Å². The van der Waals surface area contributed by atoms with Crippen LogP contribution in [0.3, 0.4) is 0 Å². The first kappa shape index (κ1) is 13.5. The van der Waals surface area contributed by atoms with Gasteiger partial charge in [-0.1, -0.05) is 30.3 Å². The number of hydrogen-bond donors (Lipinski definition) is 0. The van der Waals surface area contributed by atoms with Crippen LogP contribution in [0.5, 0.6) is 0 Å². The second kappa shape index (κ2) is 6.30. The van der Waals surface area contributed by atoms with Gasteiger partial charge in [0.1, 0.15) is 12.1 Å². The molecule has 0 unspecified atom stereocenters. The molecule has 6 nitrogen and oxygen atoms in total. The van der Waals surface area contributed by atoms with Crippen LogP contribution in [0, 0.1) is 4.91 Å². The third kappa shape index (κ3) is 3.16. The minimum absolute atomic E-state index is 0.404. The Labute approximate surface area is 123 Å². The van der Waals surface area contributed by atoms with Crippen molar-refractivity contribution in [1.29, 1.82) is 0 Å². The number of rotatable bonds is 5. The molecule has 6 heteroatoms. The molecule has 1 fully saturated rings. The van der Waals surface area contributed by atoms with Gasteiger partial charge < -0.3 is 4.90 Å². The molecule has 0 radical (unpaired) electrons. The van der Waals surface area contributed by atoms with Gasteiger partial charge in [0.2, 0.25) is 0 Å². The highest BCUT2D eigenvalue weighted by molar-refractivity contribution is 5.50. The van der Waals surface area contributed by atoms with Crippen LogP contribution in [-0.4, -0.2) is 23.1 Å². The van der Waals surface area contributed by atoms with E-state index in [1.165, 1.54) is 24.2 Å². The van der Waals surface area contributed by atoms with Crippen LogP contribution in [-0.2, 0) is 6.54 Å². The van der Waals surface area contributed by atoms with Crippen molar-refractivity contribution in [2.24, 2.45) is 5.29 Å². The van der Waals surface area contributed by atoms with E-state index in [4.69, 9.17) is 0 Å². The highest BCUT2D eigenvalue weighted by Gasteiger charge is 2.16. The van der Waals surface area contributed by atoms with Gasteiger partial charge in [-0.05, 0) is 18.4 Å². The van der Waals surface area contributed by atoms with E-state index in [1.54, 1.807) is 0 Å². The lowest BCUT2D eigenvalue weighted by Gasteiger charge is -2.19. The van der Waals surface area contributed by atoms with Crippen molar-refractivity contribution in [1.82, 2.24) is 9.97 Å². The summed E-state index contributed by atoms with van der Waals surface area (Å²) >= 11 is 0. The van der Waals surface area contributed by atoms with Gasteiger partial charge in [-0.2, -0.15) is 0 Å². The number of aromatic nitrogens is 2. The van der Waals surface area contributed by atoms with Crippen LogP contribution in [0.15, 0.2) is 48.0 Å². The predicted molar refractivity (Wildman–Crippen MR) is 81.9 cm³/mol. The van der Waals surface area contributed by atoms with E-state index < -0.39 is 0 Å².